The van der Waals surface area contributed by atoms with E-state index in [0.29, 0.717) is 10.8 Å². The molecule has 25 heavy (non-hydrogen) atoms. The molecule has 0 spiro atoms. The maximum absolute atomic E-state index is 6.35. The predicted octanol–water partition coefficient (Wildman–Crippen LogP) is 4.01. The van der Waals surface area contributed by atoms with Crippen molar-refractivity contribution in [2.24, 2.45) is 11.5 Å². The van der Waals surface area contributed by atoms with Gasteiger partial charge in [-0.05, 0) is 24.1 Å². The summed E-state index contributed by atoms with van der Waals surface area (Å²) in [5.74, 6) is 0.492. The summed E-state index contributed by atoms with van der Waals surface area (Å²) in [5, 5.41) is 7.04. The molecule has 6 N–H and O–H groups in total. The summed E-state index contributed by atoms with van der Waals surface area (Å²) < 4.78 is 0. The van der Waals surface area contributed by atoms with Gasteiger partial charge in [0.2, 0.25) is 0 Å². The summed E-state index contributed by atoms with van der Waals surface area (Å²) in [7, 11) is 0. The van der Waals surface area contributed by atoms with Gasteiger partial charge in [-0.2, -0.15) is 0 Å². The molecule has 0 atom stereocenters. The Morgan fingerprint density at radius 3 is 2.56 bits per heavy atom. The number of para-hydroxylation sites is 1. The minimum absolute atomic E-state index is 0.252. The number of hydrogen-bond donors (Lipinski definition) is 4. The summed E-state index contributed by atoms with van der Waals surface area (Å²) in [6.45, 7) is 3.32. The van der Waals surface area contributed by atoms with Crippen molar-refractivity contribution >= 4 is 28.9 Å². The maximum Gasteiger partial charge on any atom is 0.105 e. The minimum atomic E-state index is 0.252. The van der Waals surface area contributed by atoms with E-state index in [0.717, 1.165) is 35.4 Å². The van der Waals surface area contributed by atoms with Crippen LogP contribution in [0, 0.1) is 0 Å². The van der Waals surface area contributed by atoms with Crippen molar-refractivity contribution in [3.05, 3.63) is 76.6 Å². The van der Waals surface area contributed by atoms with Crippen LogP contribution in [0.5, 0.6) is 0 Å². The van der Waals surface area contributed by atoms with Crippen LogP contribution in [0.3, 0.4) is 0 Å². The topological polar surface area (TPSA) is 76.1 Å². The Labute approximate surface area is 154 Å². The van der Waals surface area contributed by atoms with E-state index in [-0.39, 0.29) is 6.67 Å². The standard InChI is InChI=1S/C20H25ClN4/c1-2-13-24-19-10-6-3-7-15(19)11-12-17(20(23)25-14-22)16-8-4-5-9-18(16)21/h3-12,24-25H,2,13-14,22-23H2,1H3/b12-11+,20-17-. The highest BCUT2D eigenvalue weighted by Gasteiger charge is 2.08. The van der Waals surface area contributed by atoms with Crippen molar-refractivity contribution in [1.29, 1.82) is 0 Å². The van der Waals surface area contributed by atoms with Crippen molar-refractivity contribution in [3.8, 4) is 0 Å². The van der Waals surface area contributed by atoms with Gasteiger partial charge in [0.1, 0.15) is 5.82 Å². The molecule has 0 aliphatic carbocycles. The van der Waals surface area contributed by atoms with Gasteiger partial charge in [0.25, 0.3) is 0 Å². The number of allylic oxidation sites excluding steroid dienone is 2. The van der Waals surface area contributed by atoms with E-state index >= 15 is 0 Å². The number of halogens is 1. The monoisotopic (exact) mass is 356 g/mol. The Bertz CT molecular complexity index is 753. The van der Waals surface area contributed by atoms with Crippen LogP contribution in [-0.2, 0) is 0 Å². The fraction of sp³-hybridized carbons (Fsp3) is 0.200. The first-order valence-corrected chi connectivity index (χ1v) is 8.74. The molecule has 0 radical (unpaired) electrons. The van der Waals surface area contributed by atoms with E-state index in [2.05, 4.69) is 29.7 Å². The highest BCUT2D eigenvalue weighted by atomic mass is 35.5. The number of nitrogens with one attached hydrogen (secondary N) is 2. The van der Waals surface area contributed by atoms with Gasteiger partial charge in [-0.1, -0.05) is 67.1 Å². The van der Waals surface area contributed by atoms with Gasteiger partial charge >= 0.3 is 0 Å². The Balaban J connectivity index is 2.40. The highest BCUT2D eigenvalue weighted by molar-refractivity contribution is 6.32. The largest absolute Gasteiger partial charge is 0.385 e. The predicted molar refractivity (Wildman–Crippen MR) is 109 cm³/mol. The van der Waals surface area contributed by atoms with Crippen LogP contribution < -0.4 is 22.1 Å². The van der Waals surface area contributed by atoms with E-state index < -0.39 is 0 Å². The molecule has 0 heterocycles. The highest BCUT2D eigenvalue weighted by Crippen LogP contribution is 2.27. The molecule has 2 aromatic rings. The van der Waals surface area contributed by atoms with Gasteiger partial charge in [-0.3, -0.25) is 0 Å². The third-order valence-electron chi connectivity index (χ3n) is 3.70. The molecule has 0 aliphatic heterocycles. The van der Waals surface area contributed by atoms with Crippen LogP contribution in [0.4, 0.5) is 5.69 Å². The molecule has 2 rings (SSSR count). The van der Waals surface area contributed by atoms with Crippen molar-refractivity contribution in [3.63, 3.8) is 0 Å². The zero-order valence-corrected chi connectivity index (χ0v) is 15.2. The summed E-state index contributed by atoms with van der Waals surface area (Å²) >= 11 is 6.35. The van der Waals surface area contributed by atoms with E-state index in [9.17, 15) is 0 Å². The van der Waals surface area contributed by atoms with E-state index in [1.165, 1.54) is 0 Å². The molecule has 4 nitrogen and oxygen atoms in total. The Morgan fingerprint density at radius 2 is 1.84 bits per heavy atom. The first kappa shape index (κ1) is 18.9. The van der Waals surface area contributed by atoms with Crippen LogP contribution in [-0.4, -0.2) is 13.2 Å². The van der Waals surface area contributed by atoms with Crippen LogP contribution in [0.25, 0.3) is 11.6 Å². The van der Waals surface area contributed by atoms with Crippen molar-refractivity contribution in [2.75, 3.05) is 18.5 Å². The lowest BCUT2D eigenvalue weighted by Crippen LogP contribution is -2.27. The lowest BCUT2D eigenvalue weighted by molar-refractivity contribution is 0.818. The third-order valence-corrected chi connectivity index (χ3v) is 4.03. The molecule has 0 unspecified atom stereocenters. The normalized spacial score (nSPS) is 12.1. The summed E-state index contributed by atoms with van der Waals surface area (Å²) in [4.78, 5) is 0. The molecule has 132 valence electrons. The van der Waals surface area contributed by atoms with Gasteiger partial charge < -0.3 is 22.1 Å². The lowest BCUT2D eigenvalue weighted by atomic mass is 10.0. The molecule has 0 amide bonds. The quantitative estimate of drug-likeness (QED) is 0.426. The zero-order chi connectivity index (χ0) is 18.1. The smallest absolute Gasteiger partial charge is 0.105 e. The second-order valence-corrected chi connectivity index (χ2v) is 5.94. The Hall–Kier alpha value is -2.43. The summed E-state index contributed by atoms with van der Waals surface area (Å²) in [6.07, 6.45) is 5.06. The van der Waals surface area contributed by atoms with Crippen molar-refractivity contribution in [2.45, 2.75) is 13.3 Å². The average Bonchev–Trinajstić information content (AvgIpc) is 2.62. The third kappa shape index (κ3) is 5.28. The van der Waals surface area contributed by atoms with Crippen molar-refractivity contribution < 1.29 is 0 Å². The Kier molecular flexibility index (Phi) is 7.38. The number of rotatable bonds is 8. The number of anilines is 1. The fourth-order valence-corrected chi connectivity index (χ4v) is 2.68. The zero-order valence-electron chi connectivity index (χ0n) is 14.4. The number of nitrogens with two attached hydrogens (primary N) is 2. The van der Waals surface area contributed by atoms with Crippen molar-refractivity contribution in [1.82, 2.24) is 5.32 Å². The van der Waals surface area contributed by atoms with Crippen LogP contribution in [0.15, 0.2) is 60.4 Å². The second kappa shape index (κ2) is 9.77. The molecular weight excluding hydrogens is 332 g/mol. The maximum atomic E-state index is 6.35. The van der Waals surface area contributed by atoms with Gasteiger partial charge in [0.15, 0.2) is 0 Å². The molecule has 2 aromatic carbocycles. The minimum Gasteiger partial charge on any atom is -0.385 e. The van der Waals surface area contributed by atoms with Gasteiger partial charge in [0, 0.05) is 28.4 Å². The second-order valence-electron chi connectivity index (χ2n) is 5.54. The molecular formula is C20H25ClN4. The van der Waals surface area contributed by atoms with Crippen LogP contribution in [0.1, 0.15) is 24.5 Å². The molecule has 0 bridgehead atoms. The average molecular weight is 357 g/mol. The summed E-state index contributed by atoms with van der Waals surface area (Å²) in [5.41, 5.74) is 15.6. The molecule has 5 heteroatoms. The van der Waals surface area contributed by atoms with Gasteiger partial charge in [-0.25, -0.2) is 0 Å². The van der Waals surface area contributed by atoms with E-state index in [4.69, 9.17) is 23.1 Å². The van der Waals surface area contributed by atoms with Crippen LogP contribution in [0.2, 0.25) is 5.02 Å². The molecule has 0 fully saturated rings. The first-order chi connectivity index (χ1) is 12.2. The molecule has 0 saturated heterocycles. The molecule has 0 aliphatic rings. The Morgan fingerprint density at radius 1 is 1.12 bits per heavy atom. The van der Waals surface area contributed by atoms with Gasteiger partial charge in [0.05, 0.1) is 6.67 Å². The molecule has 0 aromatic heterocycles. The van der Waals surface area contributed by atoms with Crippen LogP contribution >= 0.6 is 11.6 Å². The lowest BCUT2D eigenvalue weighted by Gasteiger charge is -2.12. The SMILES string of the molecule is CCCNc1ccccc1/C=C/C(=C(\N)NCN)c1ccccc1Cl. The van der Waals surface area contributed by atoms with Gasteiger partial charge in [-0.15, -0.1) is 0 Å². The first-order valence-electron chi connectivity index (χ1n) is 8.37. The number of benzene rings is 2. The van der Waals surface area contributed by atoms with E-state index in [1.54, 1.807) is 0 Å². The number of hydrogen-bond acceptors (Lipinski definition) is 4. The molecule has 0 saturated carbocycles. The summed E-state index contributed by atoms with van der Waals surface area (Å²) in [6, 6.07) is 15.8. The fourth-order valence-electron chi connectivity index (χ4n) is 2.45. The van der Waals surface area contributed by atoms with E-state index in [1.807, 2.05) is 48.6 Å².